The van der Waals surface area contributed by atoms with Gasteiger partial charge in [-0.1, -0.05) is 36.4 Å². The summed E-state index contributed by atoms with van der Waals surface area (Å²) in [4.78, 5) is 23.4. The number of para-hydroxylation sites is 1. The zero-order valence-electron chi connectivity index (χ0n) is 11.8. The molecule has 0 aliphatic carbocycles. The van der Waals surface area contributed by atoms with E-state index in [0.717, 1.165) is 0 Å². The molecule has 0 heterocycles. The second-order valence-electron chi connectivity index (χ2n) is 4.45. The Labute approximate surface area is 127 Å². The van der Waals surface area contributed by atoms with Crippen LogP contribution in [0.1, 0.15) is 26.3 Å². The van der Waals surface area contributed by atoms with Crippen molar-refractivity contribution in [2.24, 2.45) is 0 Å². The molecule has 0 saturated carbocycles. The molecule has 0 saturated heterocycles. The molecular formula is C17H14O5. The molecule has 0 atom stereocenters. The minimum absolute atomic E-state index is 0.0707. The fraction of sp³-hybridized carbons (Fsp3) is 0.0588. The quantitative estimate of drug-likeness (QED) is 0.503. The van der Waals surface area contributed by atoms with Crippen molar-refractivity contribution in [1.82, 2.24) is 0 Å². The van der Waals surface area contributed by atoms with Gasteiger partial charge in [0, 0.05) is 11.1 Å². The number of aliphatic hydroxyl groups excluding tert-OH is 1. The summed E-state index contributed by atoms with van der Waals surface area (Å²) in [6.07, 6.45) is 1.25. The summed E-state index contributed by atoms with van der Waals surface area (Å²) in [6.45, 7) is 0. The number of carboxylic acids is 1. The summed E-state index contributed by atoms with van der Waals surface area (Å²) in [5.74, 6) is -2.05. The molecule has 0 aliphatic heterocycles. The molecule has 0 spiro atoms. The van der Waals surface area contributed by atoms with E-state index in [-0.39, 0.29) is 11.1 Å². The first-order chi connectivity index (χ1) is 10.5. The first kappa shape index (κ1) is 15.3. The van der Waals surface area contributed by atoms with Crippen LogP contribution in [-0.4, -0.2) is 29.1 Å². The van der Waals surface area contributed by atoms with Gasteiger partial charge in [-0.15, -0.1) is 0 Å². The third-order valence-electron chi connectivity index (χ3n) is 3.07. The Morgan fingerprint density at radius 3 is 2.18 bits per heavy atom. The lowest BCUT2D eigenvalue weighted by Crippen LogP contribution is -2.10. The number of carboxylic acid groups (broad SMARTS) is 1. The number of aromatic carboxylic acids is 1. The van der Waals surface area contributed by atoms with Crippen LogP contribution in [0, 0.1) is 0 Å². The highest BCUT2D eigenvalue weighted by molar-refractivity contribution is 6.14. The SMILES string of the molecule is COc1ccccc1C=C(O)C(=O)c1ccccc1C(=O)O. The van der Waals surface area contributed by atoms with Crippen LogP contribution in [-0.2, 0) is 0 Å². The topological polar surface area (TPSA) is 83.8 Å². The molecule has 2 rings (SSSR count). The summed E-state index contributed by atoms with van der Waals surface area (Å²) < 4.78 is 5.13. The van der Waals surface area contributed by atoms with Gasteiger partial charge < -0.3 is 14.9 Å². The Morgan fingerprint density at radius 2 is 1.55 bits per heavy atom. The van der Waals surface area contributed by atoms with Gasteiger partial charge in [-0.2, -0.15) is 0 Å². The molecule has 0 radical (unpaired) electrons. The lowest BCUT2D eigenvalue weighted by molar-refractivity contribution is 0.0692. The Kier molecular flexibility index (Phi) is 4.58. The lowest BCUT2D eigenvalue weighted by atomic mass is 10.0. The highest BCUT2D eigenvalue weighted by Gasteiger charge is 2.19. The van der Waals surface area contributed by atoms with Crippen molar-refractivity contribution >= 4 is 17.8 Å². The van der Waals surface area contributed by atoms with Gasteiger partial charge in [0.15, 0.2) is 5.76 Å². The number of ketones is 1. The number of carbonyl (C=O) groups excluding carboxylic acids is 1. The average Bonchev–Trinajstić information content (AvgIpc) is 2.54. The third kappa shape index (κ3) is 3.15. The minimum atomic E-state index is -1.23. The first-order valence-electron chi connectivity index (χ1n) is 6.45. The normalized spacial score (nSPS) is 11.0. The van der Waals surface area contributed by atoms with E-state index in [2.05, 4.69) is 0 Å². The van der Waals surface area contributed by atoms with Crippen LogP contribution in [0.25, 0.3) is 6.08 Å². The molecule has 5 nitrogen and oxygen atoms in total. The standard InChI is InChI=1S/C17H14O5/c1-22-15-9-5-2-6-11(15)10-14(18)16(19)12-7-3-4-8-13(12)17(20)21/h2-10,18H,1H3,(H,20,21). The van der Waals surface area contributed by atoms with Crippen LogP contribution in [0.15, 0.2) is 54.3 Å². The summed E-state index contributed by atoms with van der Waals surface area (Å²) in [6, 6.07) is 12.6. The molecule has 22 heavy (non-hydrogen) atoms. The fourth-order valence-corrected chi connectivity index (χ4v) is 2.00. The van der Waals surface area contributed by atoms with Gasteiger partial charge >= 0.3 is 5.97 Å². The van der Waals surface area contributed by atoms with Crippen LogP contribution < -0.4 is 4.74 Å². The Hall–Kier alpha value is -3.08. The van der Waals surface area contributed by atoms with Crippen LogP contribution >= 0.6 is 0 Å². The maximum atomic E-state index is 12.3. The maximum absolute atomic E-state index is 12.3. The minimum Gasteiger partial charge on any atom is -0.504 e. The van der Waals surface area contributed by atoms with E-state index in [9.17, 15) is 14.7 Å². The summed E-state index contributed by atoms with van der Waals surface area (Å²) in [7, 11) is 1.48. The summed E-state index contributed by atoms with van der Waals surface area (Å²) in [5.41, 5.74) is 0.287. The summed E-state index contributed by atoms with van der Waals surface area (Å²) >= 11 is 0. The number of hydrogen-bond donors (Lipinski definition) is 2. The van der Waals surface area contributed by atoms with Gasteiger partial charge in [-0.3, -0.25) is 4.79 Å². The molecule has 2 aromatic rings. The van der Waals surface area contributed by atoms with Crippen LogP contribution in [0.5, 0.6) is 5.75 Å². The molecule has 0 unspecified atom stereocenters. The molecule has 0 amide bonds. The summed E-state index contributed by atoms with van der Waals surface area (Å²) in [5, 5.41) is 19.1. The highest BCUT2D eigenvalue weighted by atomic mass is 16.5. The Balaban J connectivity index is 2.41. The fourth-order valence-electron chi connectivity index (χ4n) is 2.00. The first-order valence-corrected chi connectivity index (χ1v) is 6.45. The second kappa shape index (κ2) is 6.58. The van der Waals surface area contributed by atoms with Gasteiger partial charge in [0.25, 0.3) is 0 Å². The molecule has 112 valence electrons. The van der Waals surface area contributed by atoms with E-state index in [4.69, 9.17) is 9.84 Å². The van der Waals surface area contributed by atoms with Crippen molar-refractivity contribution in [3.8, 4) is 5.75 Å². The second-order valence-corrected chi connectivity index (χ2v) is 4.45. The number of ether oxygens (including phenoxy) is 1. The number of benzene rings is 2. The van der Waals surface area contributed by atoms with Crippen molar-refractivity contribution in [2.75, 3.05) is 7.11 Å². The number of allylic oxidation sites excluding steroid dienone is 1. The van der Waals surface area contributed by atoms with Crippen molar-refractivity contribution in [3.63, 3.8) is 0 Å². The maximum Gasteiger partial charge on any atom is 0.336 e. The number of carbonyl (C=O) groups is 2. The van der Waals surface area contributed by atoms with E-state index in [0.29, 0.717) is 11.3 Å². The number of Topliss-reactive ketones (excluding diaryl/α,β-unsaturated/α-hetero) is 1. The van der Waals surface area contributed by atoms with Gasteiger partial charge in [0.1, 0.15) is 5.75 Å². The molecule has 5 heteroatoms. The molecule has 0 bridgehead atoms. The highest BCUT2D eigenvalue weighted by Crippen LogP contribution is 2.21. The van der Waals surface area contributed by atoms with Crippen LogP contribution in [0.4, 0.5) is 0 Å². The molecule has 0 fully saturated rings. The smallest absolute Gasteiger partial charge is 0.336 e. The number of rotatable bonds is 5. The van der Waals surface area contributed by atoms with Gasteiger partial charge in [0.2, 0.25) is 5.78 Å². The van der Waals surface area contributed by atoms with E-state index in [1.165, 1.54) is 37.5 Å². The van der Waals surface area contributed by atoms with Gasteiger partial charge in [-0.05, 0) is 18.2 Å². The monoisotopic (exact) mass is 298 g/mol. The predicted molar refractivity (Wildman–Crippen MR) is 81.3 cm³/mol. The predicted octanol–water partition coefficient (Wildman–Crippen LogP) is 3.18. The number of hydrogen-bond acceptors (Lipinski definition) is 4. The molecule has 0 aliphatic rings. The Bertz CT molecular complexity index is 746. The van der Waals surface area contributed by atoms with Crippen molar-refractivity contribution in [3.05, 3.63) is 71.0 Å². The molecule has 2 aromatic carbocycles. The van der Waals surface area contributed by atoms with Gasteiger partial charge in [0.05, 0.1) is 12.7 Å². The van der Waals surface area contributed by atoms with E-state index in [1.807, 2.05) is 0 Å². The average molecular weight is 298 g/mol. The van der Waals surface area contributed by atoms with E-state index in [1.54, 1.807) is 24.3 Å². The largest absolute Gasteiger partial charge is 0.504 e. The molecular weight excluding hydrogens is 284 g/mol. The van der Waals surface area contributed by atoms with E-state index >= 15 is 0 Å². The van der Waals surface area contributed by atoms with Crippen LogP contribution in [0.2, 0.25) is 0 Å². The lowest BCUT2D eigenvalue weighted by Gasteiger charge is -2.06. The number of aliphatic hydroxyl groups is 1. The molecule has 2 N–H and O–H groups in total. The number of methoxy groups -OCH3 is 1. The van der Waals surface area contributed by atoms with E-state index < -0.39 is 17.5 Å². The van der Waals surface area contributed by atoms with Crippen molar-refractivity contribution < 1.29 is 24.5 Å². The van der Waals surface area contributed by atoms with Gasteiger partial charge in [-0.25, -0.2) is 4.79 Å². The zero-order chi connectivity index (χ0) is 16.1. The Morgan fingerprint density at radius 1 is 0.955 bits per heavy atom. The van der Waals surface area contributed by atoms with Crippen molar-refractivity contribution in [2.45, 2.75) is 0 Å². The van der Waals surface area contributed by atoms with Crippen molar-refractivity contribution in [1.29, 1.82) is 0 Å². The van der Waals surface area contributed by atoms with Crippen LogP contribution in [0.3, 0.4) is 0 Å². The third-order valence-corrected chi connectivity index (χ3v) is 3.07. The zero-order valence-corrected chi connectivity index (χ0v) is 11.8. The molecule has 0 aromatic heterocycles.